The third kappa shape index (κ3) is 3.57. The number of nitrogens with zero attached hydrogens (tertiary/aromatic N) is 2. The summed E-state index contributed by atoms with van der Waals surface area (Å²) in [5.41, 5.74) is 1.80. The highest BCUT2D eigenvalue weighted by atomic mass is 35.5. The molecule has 0 unspecified atom stereocenters. The molecule has 1 N–H and O–H groups in total. The van der Waals surface area contributed by atoms with Crippen LogP contribution in [0.1, 0.15) is 18.4 Å². The molecule has 1 aromatic carbocycles. The number of carbonyl (C=O) groups excluding carboxylic acids is 1. The molecule has 2 rings (SSSR count). The molecular weight excluding hydrogens is 264 g/mol. The van der Waals surface area contributed by atoms with E-state index in [-0.39, 0.29) is 19.1 Å². The predicted molar refractivity (Wildman–Crippen MR) is 73.8 cm³/mol. The lowest BCUT2D eigenvalue weighted by Gasteiger charge is -2.21. The number of hydrogen-bond donors (Lipinski definition) is 1. The van der Waals surface area contributed by atoms with E-state index in [4.69, 9.17) is 16.7 Å². The molecule has 0 atom stereocenters. The first-order valence-electron chi connectivity index (χ1n) is 5.91. The van der Waals surface area contributed by atoms with Crippen LogP contribution in [0.4, 0.5) is 0 Å². The fourth-order valence-electron chi connectivity index (χ4n) is 1.76. The van der Waals surface area contributed by atoms with Gasteiger partial charge >= 0.3 is 0 Å². The van der Waals surface area contributed by atoms with E-state index in [0.717, 1.165) is 11.3 Å². The van der Waals surface area contributed by atoms with Crippen LogP contribution in [0.15, 0.2) is 29.4 Å². The summed E-state index contributed by atoms with van der Waals surface area (Å²) < 4.78 is 0. The molecular formula is C14H13ClN2O2. The highest BCUT2D eigenvalue weighted by Crippen LogP contribution is 2.17. The van der Waals surface area contributed by atoms with Gasteiger partial charge in [0.25, 0.3) is 0 Å². The van der Waals surface area contributed by atoms with Gasteiger partial charge in [-0.05, 0) is 17.7 Å². The maximum atomic E-state index is 11.7. The zero-order chi connectivity index (χ0) is 13.7. The van der Waals surface area contributed by atoms with E-state index in [1.54, 1.807) is 12.1 Å². The van der Waals surface area contributed by atoms with E-state index in [9.17, 15) is 4.79 Å². The number of hydrogen-bond acceptors (Lipinski definition) is 3. The highest BCUT2D eigenvalue weighted by Gasteiger charge is 2.20. The number of halogens is 1. The summed E-state index contributed by atoms with van der Waals surface area (Å²) in [4.78, 5) is 11.7. The van der Waals surface area contributed by atoms with Crippen LogP contribution < -0.4 is 0 Å². The molecule has 1 aliphatic heterocycles. The first-order valence-corrected chi connectivity index (χ1v) is 6.29. The van der Waals surface area contributed by atoms with Gasteiger partial charge in [-0.15, -0.1) is 0 Å². The van der Waals surface area contributed by atoms with Crippen molar-refractivity contribution in [3.05, 3.63) is 34.9 Å². The minimum Gasteiger partial charge on any atom is -0.384 e. The summed E-state index contributed by atoms with van der Waals surface area (Å²) in [6, 6.07) is 7.36. The van der Waals surface area contributed by atoms with Crippen LogP contribution in [0.25, 0.3) is 0 Å². The first-order chi connectivity index (χ1) is 9.20. The van der Waals surface area contributed by atoms with Gasteiger partial charge in [0, 0.05) is 17.9 Å². The smallest absolute Gasteiger partial charge is 0.243 e. The molecule has 0 aromatic heterocycles. The van der Waals surface area contributed by atoms with Gasteiger partial charge in [-0.3, -0.25) is 4.79 Å². The summed E-state index contributed by atoms with van der Waals surface area (Å²) in [5, 5.41) is 14.9. The van der Waals surface area contributed by atoms with Crippen molar-refractivity contribution < 1.29 is 9.90 Å². The normalized spacial score (nSPS) is 14.7. The van der Waals surface area contributed by atoms with Crippen molar-refractivity contribution in [1.29, 1.82) is 0 Å². The third-order valence-electron chi connectivity index (χ3n) is 2.72. The van der Waals surface area contributed by atoms with Crippen molar-refractivity contribution in [3.8, 4) is 11.8 Å². The SMILES string of the molecule is O=C1CCC(c2ccc(Cl)cc2)=NN1CC#CCO. The monoisotopic (exact) mass is 276 g/mol. The van der Waals surface area contributed by atoms with Crippen molar-refractivity contribution in [3.63, 3.8) is 0 Å². The second kappa shape index (κ2) is 6.37. The molecule has 0 spiro atoms. The number of carbonyl (C=O) groups is 1. The lowest BCUT2D eigenvalue weighted by atomic mass is 10.0. The molecule has 1 heterocycles. The summed E-state index contributed by atoms with van der Waals surface area (Å²) in [6.45, 7) is -0.00767. The van der Waals surface area contributed by atoms with Crippen LogP contribution in [0, 0.1) is 11.8 Å². The number of aliphatic hydroxyl groups excluding tert-OH is 1. The summed E-state index contributed by atoms with van der Waals surface area (Å²) in [6.07, 6.45) is 1.03. The Kier molecular flexibility index (Phi) is 4.56. The zero-order valence-corrected chi connectivity index (χ0v) is 11.0. The van der Waals surface area contributed by atoms with Gasteiger partial charge in [0.05, 0.1) is 5.71 Å². The molecule has 0 bridgehead atoms. The van der Waals surface area contributed by atoms with Gasteiger partial charge < -0.3 is 5.11 Å². The predicted octanol–water partition coefficient (Wildman–Crippen LogP) is 1.66. The third-order valence-corrected chi connectivity index (χ3v) is 2.97. The Labute approximate surface area is 116 Å². The first kappa shape index (κ1) is 13.6. The topological polar surface area (TPSA) is 52.9 Å². The van der Waals surface area contributed by atoms with E-state index >= 15 is 0 Å². The maximum absolute atomic E-state index is 11.7. The standard InChI is InChI=1S/C14H13ClN2O2/c15-12-5-3-11(4-6-12)13-7-8-14(19)17(16-13)9-1-2-10-18/h3-6,18H,7-10H2. The van der Waals surface area contributed by atoms with E-state index in [1.807, 2.05) is 12.1 Å². The quantitative estimate of drug-likeness (QED) is 0.836. The Bertz CT molecular complexity index is 555. The molecule has 19 heavy (non-hydrogen) atoms. The number of benzene rings is 1. The van der Waals surface area contributed by atoms with E-state index in [1.165, 1.54) is 5.01 Å². The minimum atomic E-state index is -0.213. The molecule has 4 nitrogen and oxygen atoms in total. The Hall–Kier alpha value is -1.83. The van der Waals surface area contributed by atoms with Gasteiger partial charge in [0.1, 0.15) is 13.2 Å². The average molecular weight is 277 g/mol. The maximum Gasteiger partial charge on any atom is 0.243 e. The second-order valence-corrected chi connectivity index (χ2v) is 4.45. The molecule has 0 fully saturated rings. The van der Waals surface area contributed by atoms with Crippen molar-refractivity contribution in [1.82, 2.24) is 5.01 Å². The fraction of sp³-hybridized carbons (Fsp3) is 0.286. The average Bonchev–Trinajstić information content (AvgIpc) is 2.42. The van der Waals surface area contributed by atoms with Crippen LogP contribution in [0.2, 0.25) is 5.02 Å². The Morgan fingerprint density at radius 2 is 2.00 bits per heavy atom. The van der Waals surface area contributed by atoms with E-state index in [0.29, 0.717) is 17.9 Å². The summed E-state index contributed by atoms with van der Waals surface area (Å²) >= 11 is 5.84. The van der Waals surface area contributed by atoms with Gasteiger partial charge in [0.15, 0.2) is 0 Å². The number of rotatable bonds is 2. The Morgan fingerprint density at radius 3 is 2.68 bits per heavy atom. The fourth-order valence-corrected chi connectivity index (χ4v) is 1.89. The Morgan fingerprint density at radius 1 is 1.26 bits per heavy atom. The van der Waals surface area contributed by atoms with Crippen LogP contribution in [0.5, 0.6) is 0 Å². The van der Waals surface area contributed by atoms with Crippen LogP contribution >= 0.6 is 11.6 Å². The minimum absolute atomic E-state index is 0.0510. The van der Waals surface area contributed by atoms with Gasteiger partial charge in [-0.1, -0.05) is 35.6 Å². The summed E-state index contributed by atoms with van der Waals surface area (Å²) in [7, 11) is 0. The Balaban J connectivity index is 2.18. The van der Waals surface area contributed by atoms with Crippen molar-refractivity contribution in [2.75, 3.05) is 13.2 Å². The van der Waals surface area contributed by atoms with Crippen molar-refractivity contribution in [2.45, 2.75) is 12.8 Å². The molecule has 0 radical (unpaired) electrons. The molecule has 1 aromatic rings. The molecule has 1 aliphatic rings. The lowest BCUT2D eigenvalue weighted by molar-refractivity contribution is -0.131. The number of hydrazone groups is 1. The largest absolute Gasteiger partial charge is 0.384 e. The lowest BCUT2D eigenvalue weighted by Crippen LogP contribution is -2.32. The second-order valence-electron chi connectivity index (χ2n) is 4.02. The summed E-state index contributed by atoms with van der Waals surface area (Å²) in [5.74, 6) is 5.15. The van der Waals surface area contributed by atoms with Crippen LogP contribution in [0.3, 0.4) is 0 Å². The van der Waals surface area contributed by atoms with E-state index < -0.39 is 0 Å². The number of amides is 1. The number of aliphatic hydroxyl groups is 1. The van der Waals surface area contributed by atoms with Gasteiger partial charge in [-0.2, -0.15) is 5.10 Å². The molecule has 0 saturated carbocycles. The molecule has 0 saturated heterocycles. The zero-order valence-electron chi connectivity index (χ0n) is 10.3. The van der Waals surface area contributed by atoms with Gasteiger partial charge in [0.2, 0.25) is 5.91 Å². The highest BCUT2D eigenvalue weighted by molar-refractivity contribution is 6.30. The molecule has 0 aliphatic carbocycles. The van der Waals surface area contributed by atoms with E-state index in [2.05, 4.69) is 16.9 Å². The van der Waals surface area contributed by atoms with Gasteiger partial charge in [-0.25, -0.2) is 5.01 Å². The molecule has 98 valence electrons. The molecule has 5 heteroatoms. The van der Waals surface area contributed by atoms with Crippen molar-refractivity contribution >= 4 is 23.2 Å². The molecule has 1 amide bonds. The van der Waals surface area contributed by atoms with Crippen molar-refractivity contribution in [2.24, 2.45) is 5.10 Å². The van der Waals surface area contributed by atoms with Crippen LogP contribution in [-0.4, -0.2) is 34.9 Å². The van der Waals surface area contributed by atoms with Crippen LogP contribution in [-0.2, 0) is 4.79 Å².